The summed E-state index contributed by atoms with van der Waals surface area (Å²) >= 11 is 1.46. The van der Waals surface area contributed by atoms with Crippen LogP contribution in [0.3, 0.4) is 0 Å². The molecule has 0 bridgehead atoms. The maximum Gasteiger partial charge on any atom is 0.229 e. The number of benzene rings is 1. The summed E-state index contributed by atoms with van der Waals surface area (Å²) in [7, 11) is 0. The minimum Gasteiger partial charge on any atom is -0.314 e. The molecular weight excluding hydrogens is 356 g/mol. The molecule has 3 rings (SSSR count). The number of aromatic nitrogens is 2. The number of piperidine rings is 1. The van der Waals surface area contributed by atoms with Crippen LogP contribution in [0, 0.1) is 5.92 Å². The monoisotopic (exact) mass is 380 g/mol. The first kappa shape index (κ1) is 19.8. The molecule has 1 aromatic carbocycles. The van der Waals surface area contributed by atoms with Gasteiger partial charge >= 0.3 is 0 Å². The molecule has 0 saturated carbocycles. The third-order valence-corrected chi connectivity index (χ3v) is 5.84. The van der Waals surface area contributed by atoms with E-state index in [1.807, 2.05) is 18.2 Å². The first-order valence-electron chi connectivity index (χ1n) is 8.40. The molecule has 2 aromatic rings. The van der Waals surface area contributed by atoms with Gasteiger partial charge in [0.25, 0.3) is 0 Å². The average molecular weight is 381 g/mol. The summed E-state index contributed by atoms with van der Waals surface area (Å²) in [6.07, 6.45) is 1.74. The van der Waals surface area contributed by atoms with Gasteiger partial charge in [-0.2, -0.15) is 0 Å². The zero-order valence-corrected chi connectivity index (χ0v) is 16.4. The lowest BCUT2D eigenvalue weighted by molar-refractivity contribution is -0.120. The molecule has 2 heterocycles. The fraction of sp³-hybridized carbons (Fsp3) is 0.500. The van der Waals surface area contributed by atoms with Crippen LogP contribution in [0.5, 0.6) is 0 Å². The molecule has 7 heteroatoms. The molecule has 1 aromatic heterocycles. The molecule has 25 heavy (non-hydrogen) atoms. The maximum absolute atomic E-state index is 12.4. The van der Waals surface area contributed by atoms with Gasteiger partial charge in [-0.1, -0.05) is 41.7 Å². The molecule has 1 aliphatic heterocycles. The number of hydrogen-bond donors (Lipinski definition) is 2. The lowest BCUT2D eigenvalue weighted by Crippen LogP contribution is -2.40. The molecule has 136 valence electrons. The number of carbonyl (C=O) groups is 1. The van der Waals surface area contributed by atoms with E-state index < -0.39 is 0 Å². The Bertz CT molecular complexity index is 704. The predicted molar refractivity (Wildman–Crippen MR) is 105 cm³/mol. The van der Waals surface area contributed by atoms with Gasteiger partial charge < -0.3 is 10.6 Å². The van der Waals surface area contributed by atoms with Crippen molar-refractivity contribution < 1.29 is 4.79 Å². The third kappa shape index (κ3) is 4.57. The van der Waals surface area contributed by atoms with Gasteiger partial charge in [-0.25, -0.2) is 0 Å². The number of rotatable bonds is 4. The second-order valence-corrected chi connectivity index (χ2v) is 7.95. The SMILES string of the molecule is C[C@H]1C[C@@H](C(=O)Nc2nnc(C(C)(C)c3ccccc3)s2)CCN1.Cl. The van der Waals surface area contributed by atoms with E-state index in [0.29, 0.717) is 11.2 Å². The summed E-state index contributed by atoms with van der Waals surface area (Å²) in [6, 6.07) is 10.6. The Labute approximate surface area is 159 Å². The first-order valence-corrected chi connectivity index (χ1v) is 9.22. The van der Waals surface area contributed by atoms with E-state index in [2.05, 4.69) is 53.7 Å². The molecule has 1 aliphatic rings. The fourth-order valence-electron chi connectivity index (χ4n) is 3.08. The van der Waals surface area contributed by atoms with Crippen LogP contribution in [-0.2, 0) is 10.2 Å². The van der Waals surface area contributed by atoms with E-state index in [1.165, 1.54) is 16.9 Å². The van der Waals surface area contributed by atoms with Crippen LogP contribution in [0.25, 0.3) is 0 Å². The van der Waals surface area contributed by atoms with Crippen molar-refractivity contribution in [1.29, 1.82) is 0 Å². The van der Waals surface area contributed by atoms with Crippen molar-refractivity contribution in [1.82, 2.24) is 15.5 Å². The Hall–Kier alpha value is -1.50. The molecule has 0 spiro atoms. The van der Waals surface area contributed by atoms with Gasteiger partial charge in [0.15, 0.2) is 0 Å². The van der Waals surface area contributed by atoms with Crippen LogP contribution >= 0.6 is 23.7 Å². The van der Waals surface area contributed by atoms with Crippen molar-refractivity contribution in [3.63, 3.8) is 0 Å². The summed E-state index contributed by atoms with van der Waals surface area (Å²) in [5.41, 5.74) is 0.955. The standard InChI is InChI=1S/C18H24N4OS.ClH/c1-12-11-13(9-10-19-12)15(23)20-17-22-21-16(24-17)18(2,3)14-7-5-4-6-8-14;/h4-8,12-13,19H,9-11H2,1-3H3,(H,20,22,23);1H/t12-,13-;/m0./s1. The molecule has 0 radical (unpaired) electrons. The Morgan fingerprint density at radius 2 is 2.00 bits per heavy atom. The van der Waals surface area contributed by atoms with E-state index in [4.69, 9.17) is 0 Å². The van der Waals surface area contributed by atoms with E-state index in [9.17, 15) is 4.79 Å². The van der Waals surface area contributed by atoms with Crippen molar-refractivity contribution in [3.05, 3.63) is 40.9 Å². The predicted octanol–water partition coefficient (Wildman–Crippen LogP) is 3.61. The van der Waals surface area contributed by atoms with Gasteiger partial charge in [-0.15, -0.1) is 22.6 Å². The average Bonchev–Trinajstić information content (AvgIpc) is 3.05. The van der Waals surface area contributed by atoms with Gasteiger partial charge in [-0.3, -0.25) is 4.79 Å². The molecule has 1 amide bonds. The fourth-order valence-corrected chi connectivity index (χ4v) is 3.95. The molecular formula is C18H25ClN4OS. The highest BCUT2D eigenvalue weighted by molar-refractivity contribution is 7.15. The minimum atomic E-state index is -0.231. The quantitative estimate of drug-likeness (QED) is 0.850. The van der Waals surface area contributed by atoms with Crippen molar-refractivity contribution in [3.8, 4) is 0 Å². The second kappa shape index (κ2) is 8.25. The molecule has 5 nitrogen and oxygen atoms in total. The van der Waals surface area contributed by atoms with Crippen molar-refractivity contribution in [2.75, 3.05) is 11.9 Å². The largest absolute Gasteiger partial charge is 0.314 e. The first-order chi connectivity index (χ1) is 11.5. The summed E-state index contributed by atoms with van der Waals surface area (Å²) < 4.78 is 0. The van der Waals surface area contributed by atoms with Crippen molar-refractivity contribution in [2.45, 2.75) is 45.1 Å². The number of nitrogens with one attached hydrogen (secondary N) is 2. The molecule has 1 saturated heterocycles. The highest BCUT2D eigenvalue weighted by Gasteiger charge is 2.29. The van der Waals surface area contributed by atoms with E-state index in [1.54, 1.807) is 0 Å². The maximum atomic E-state index is 12.4. The topological polar surface area (TPSA) is 66.9 Å². The number of amides is 1. The van der Waals surface area contributed by atoms with Crippen LogP contribution in [0.4, 0.5) is 5.13 Å². The summed E-state index contributed by atoms with van der Waals surface area (Å²) in [5.74, 6) is 0.110. The summed E-state index contributed by atoms with van der Waals surface area (Å²) in [6.45, 7) is 7.26. The Kier molecular flexibility index (Phi) is 6.54. The lowest BCUT2D eigenvalue weighted by Gasteiger charge is -2.26. The van der Waals surface area contributed by atoms with Crippen LogP contribution in [0.1, 0.15) is 44.2 Å². The number of halogens is 1. The van der Waals surface area contributed by atoms with E-state index in [-0.39, 0.29) is 29.6 Å². The number of nitrogens with zero attached hydrogens (tertiary/aromatic N) is 2. The minimum absolute atomic E-state index is 0. The third-order valence-electron chi connectivity index (χ3n) is 4.68. The Balaban J connectivity index is 0.00000225. The van der Waals surface area contributed by atoms with Gasteiger partial charge in [0.2, 0.25) is 11.0 Å². The van der Waals surface area contributed by atoms with Gasteiger partial charge in [0.05, 0.1) is 0 Å². The Morgan fingerprint density at radius 1 is 1.28 bits per heavy atom. The smallest absolute Gasteiger partial charge is 0.229 e. The van der Waals surface area contributed by atoms with Crippen LogP contribution < -0.4 is 10.6 Å². The molecule has 2 atom stereocenters. The molecule has 0 aliphatic carbocycles. The number of anilines is 1. The Morgan fingerprint density at radius 3 is 2.68 bits per heavy atom. The van der Waals surface area contributed by atoms with Gasteiger partial charge in [-0.05, 0) is 45.7 Å². The van der Waals surface area contributed by atoms with Gasteiger partial charge in [0.1, 0.15) is 5.01 Å². The van der Waals surface area contributed by atoms with Crippen LogP contribution in [-0.4, -0.2) is 28.7 Å². The van der Waals surface area contributed by atoms with Crippen molar-refractivity contribution in [2.24, 2.45) is 5.92 Å². The number of hydrogen-bond acceptors (Lipinski definition) is 5. The highest BCUT2D eigenvalue weighted by Crippen LogP contribution is 2.34. The van der Waals surface area contributed by atoms with Crippen LogP contribution in [0.2, 0.25) is 0 Å². The van der Waals surface area contributed by atoms with Crippen molar-refractivity contribution >= 4 is 34.8 Å². The summed E-state index contributed by atoms with van der Waals surface area (Å²) in [4.78, 5) is 12.4. The number of carbonyl (C=O) groups excluding carboxylic acids is 1. The highest BCUT2D eigenvalue weighted by atomic mass is 35.5. The zero-order valence-electron chi connectivity index (χ0n) is 14.8. The molecule has 0 unspecified atom stereocenters. The molecule has 2 N–H and O–H groups in total. The normalized spacial score (nSPS) is 20.6. The van der Waals surface area contributed by atoms with Gasteiger partial charge in [0, 0.05) is 17.4 Å². The van der Waals surface area contributed by atoms with Crippen LogP contribution in [0.15, 0.2) is 30.3 Å². The van der Waals surface area contributed by atoms with E-state index >= 15 is 0 Å². The molecule has 1 fully saturated rings. The lowest BCUT2D eigenvalue weighted by atomic mass is 9.85. The summed E-state index contributed by atoms with van der Waals surface area (Å²) in [5, 5.41) is 16.3. The second-order valence-electron chi connectivity index (χ2n) is 6.97. The zero-order chi connectivity index (χ0) is 17.2. The van der Waals surface area contributed by atoms with E-state index in [0.717, 1.165) is 24.4 Å².